The molecule has 0 aliphatic heterocycles. The Balaban J connectivity index is 1.72. The van der Waals surface area contributed by atoms with E-state index in [9.17, 15) is 4.79 Å². The smallest absolute Gasteiger partial charge is 0.233 e. The Bertz CT molecular complexity index is 650. The highest BCUT2D eigenvalue weighted by Crippen LogP contribution is 2.55. The first-order chi connectivity index (χ1) is 11.7. The molecule has 0 bridgehead atoms. The van der Waals surface area contributed by atoms with Crippen LogP contribution in [0.3, 0.4) is 0 Å². The minimum Gasteiger partial charge on any atom is -0.468 e. The Kier molecular flexibility index (Phi) is 5.05. The van der Waals surface area contributed by atoms with E-state index in [2.05, 4.69) is 17.4 Å². The molecule has 1 aromatic heterocycles. The Morgan fingerprint density at radius 1 is 1.21 bits per heavy atom. The largest absolute Gasteiger partial charge is 0.468 e. The maximum atomic E-state index is 13.2. The first-order valence-corrected chi connectivity index (χ1v) is 8.80. The van der Waals surface area contributed by atoms with E-state index in [1.54, 1.807) is 6.26 Å². The zero-order chi connectivity index (χ0) is 17.0. The van der Waals surface area contributed by atoms with E-state index < -0.39 is 0 Å². The van der Waals surface area contributed by atoms with Crippen LogP contribution in [0.5, 0.6) is 0 Å². The summed E-state index contributed by atoms with van der Waals surface area (Å²) < 4.78 is 5.36. The Morgan fingerprint density at radius 3 is 2.58 bits per heavy atom. The van der Waals surface area contributed by atoms with Gasteiger partial charge in [-0.3, -0.25) is 4.79 Å². The van der Waals surface area contributed by atoms with Crippen LogP contribution in [-0.4, -0.2) is 30.4 Å². The number of amides is 1. The second-order valence-electron chi connectivity index (χ2n) is 6.43. The van der Waals surface area contributed by atoms with Crippen LogP contribution in [0.15, 0.2) is 53.1 Å². The fraction of sp³-hybridized carbons (Fsp3) is 0.450. The summed E-state index contributed by atoms with van der Waals surface area (Å²) in [5.74, 6) is 1.53. The molecule has 1 aliphatic rings. The zero-order valence-electron chi connectivity index (χ0n) is 14.5. The van der Waals surface area contributed by atoms with Crippen molar-refractivity contribution < 1.29 is 9.21 Å². The second-order valence-corrected chi connectivity index (χ2v) is 6.43. The summed E-state index contributed by atoms with van der Waals surface area (Å²) >= 11 is 0. The van der Waals surface area contributed by atoms with Crippen LogP contribution in [0, 0.1) is 5.92 Å². The van der Waals surface area contributed by atoms with Gasteiger partial charge in [0.05, 0.1) is 18.2 Å². The minimum absolute atomic E-state index is 0.267. The number of carbonyl (C=O) groups is 1. The maximum Gasteiger partial charge on any atom is 0.233 e. The van der Waals surface area contributed by atoms with Gasteiger partial charge in [0.2, 0.25) is 5.91 Å². The molecule has 1 N–H and O–H groups in total. The summed E-state index contributed by atoms with van der Waals surface area (Å²) in [5.41, 5.74) is 0.787. The zero-order valence-corrected chi connectivity index (χ0v) is 14.5. The van der Waals surface area contributed by atoms with Crippen LogP contribution in [-0.2, 0) is 16.8 Å². The summed E-state index contributed by atoms with van der Waals surface area (Å²) in [4.78, 5) is 15.1. The van der Waals surface area contributed by atoms with Gasteiger partial charge in [-0.1, -0.05) is 30.3 Å². The van der Waals surface area contributed by atoms with Crippen molar-refractivity contribution >= 4 is 5.91 Å². The standard InChI is InChI=1S/C20H26N2O2/c1-3-22(4-2)19(23)20(16-9-6-5-7-10-16)13-17(20)14-21-15-18-11-8-12-24-18/h5-12,17,21H,3-4,13-15H2,1-2H3. The summed E-state index contributed by atoms with van der Waals surface area (Å²) in [6.45, 7) is 7.14. The molecule has 1 fully saturated rings. The lowest BCUT2D eigenvalue weighted by molar-refractivity contribution is -0.134. The number of carbonyl (C=O) groups excluding carboxylic acids is 1. The van der Waals surface area contributed by atoms with Gasteiger partial charge >= 0.3 is 0 Å². The molecule has 128 valence electrons. The normalized spacial score (nSPS) is 22.3. The van der Waals surface area contributed by atoms with Gasteiger partial charge in [0, 0.05) is 13.1 Å². The second kappa shape index (κ2) is 7.22. The quantitative estimate of drug-likeness (QED) is 0.810. The average molecular weight is 326 g/mol. The third-order valence-corrected chi connectivity index (χ3v) is 5.10. The van der Waals surface area contributed by atoms with Crippen molar-refractivity contribution in [2.75, 3.05) is 19.6 Å². The Labute approximate surface area is 143 Å². The number of nitrogens with one attached hydrogen (secondary N) is 1. The van der Waals surface area contributed by atoms with Crippen LogP contribution in [0.25, 0.3) is 0 Å². The highest BCUT2D eigenvalue weighted by atomic mass is 16.3. The van der Waals surface area contributed by atoms with Gasteiger partial charge < -0.3 is 14.6 Å². The van der Waals surface area contributed by atoms with E-state index in [1.807, 2.05) is 49.1 Å². The van der Waals surface area contributed by atoms with Crippen LogP contribution < -0.4 is 5.32 Å². The SMILES string of the molecule is CCN(CC)C(=O)C1(c2ccccc2)CC1CNCc1ccco1. The average Bonchev–Trinajstić information content (AvgIpc) is 3.11. The molecule has 24 heavy (non-hydrogen) atoms. The summed E-state index contributed by atoms with van der Waals surface area (Å²) in [6, 6.07) is 14.1. The van der Waals surface area contributed by atoms with E-state index in [4.69, 9.17) is 4.42 Å². The molecule has 1 saturated carbocycles. The minimum atomic E-state index is -0.358. The topological polar surface area (TPSA) is 45.5 Å². The molecule has 4 nitrogen and oxygen atoms in total. The lowest BCUT2D eigenvalue weighted by Crippen LogP contribution is -2.41. The first-order valence-electron chi connectivity index (χ1n) is 8.80. The molecule has 4 heteroatoms. The Morgan fingerprint density at radius 2 is 1.96 bits per heavy atom. The fourth-order valence-electron chi connectivity index (χ4n) is 3.63. The number of likely N-dealkylation sites (N-methyl/N-ethyl adjacent to an activating group) is 1. The lowest BCUT2D eigenvalue weighted by atomic mass is 9.91. The number of rotatable bonds is 8. The number of hydrogen-bond donors (Lipinski definition) is 1. The van der Waals surface area contributed by atoms with Gasteiger partial charge in [-0.2, -0.15) is 0 Å². The molecule has 2 aromatic rings. The molecular formula is C20H26N2O2. The molecule has 0 spiro atoms. The van der Waals surface area contributed by atoms with E-state index in [0.29, 0.717) is 12.5 Å². The van der Waals surface area contributed by atoms with Crippen LogP contribution >= 0.6 is 0 Å². The monoisotopic (exact) mass is 326 g/mol. The van der Waals surface area contributed by atoms with Crippen molar-refractivity contribution in [3.05, 3.63) is 60.1 Å². The first kappa shape index (κ1) is 16.8. The Hall–Kier alpha value is -2.07. The maximum absolute atomic E-state index is 13.2. The van der Waals surface area contributed by atoms with E-state index >= 15 is 0 Å². The molecule has 1 aromatic carbocycles. The van der Waals surface area contributed by atoms with Crippen molar-refractivity contribution in [3.63, 3.8) is 0 Å². The number of hydrogen-bond acceptors (Lipinski definition) is 3. The fourth-order valence-corrected chi connectivity index (χ4v) is 3.63. The molecule has 2 unspecified atom stereocenters. The number of furan rings is 1. The van der Waals surface area contributed by atoms with Gasteiger partial charge in [-0.05, 0) is 50.4 Å². The highest BCUT2D eigenvalue weighted by Gasteiger charge is 2.61. The predicted molar refractivity (Wildman–Crippen MR) is 94.6 cm³/mol. The number of nitrogens with zero attached hydrogens (tertiary/aromatic N) is 1. The lowest BCUT2D eigenvalue weighted by Gasteiger charge is -2.26. The van der Waals surface area contributed by atoms with Gasteiger partial charge in [0.1, 0.15) is 5.76 Å². The molecule has 1 amide bonds. The van der Waals surface area contributed by atoms with E-state index in [1.165, 1.54) is 0 Å². The van der Waals surface area contributed by atoms with Gasteiger partial charge in [-0.15, -0.1) is 0 Å². The summed E-state index contributed by atoms with van der Waals surface area (Å²) in [7, 11) is 0. The van der Waals surface area contributed by atoms with Gasteiger partial charge in [0.15, 0.2) is 0 Å². The van der Waals surface area contributed by atoms with Crippen LogP contribution in [0.2, 0.25) is 0 Å². The molecule has 0 radical (unpaired) electrons. The van der Waals surface area contributed by atoms with Crippen LogP contribution in [0.4, 0.5) is 0 Å². The summed E-state index contributed by atoms with van der Waals surface area (Å²) in [5, 5.41) is 3.44. The molecule has 3 rings (SSSR count). The molecular weight excluding hydrogens is 300 g/mol. The highest BCUT2D eigenvalue weighted by molar-refractivity contribution is 5.92. The van der Waals surface area contributed by atoms with E-state index in [-0.39, 0.29) is 11.3 Å². The van der Waals surface area contributed by atoms with Crippen molar-refractivity contribution in [1.82, 2.24) is 10.2 Å². The van der Waals surface area contributed by atoms with Crippen molar-refractivity contribution in [2.24, 2.45) is 5.92 Å². The third-order valence-electron chi connectivity index (χ3n) is 5.10. The number of benzene rings is 1. The van der Waals surface area contributed by atoms with Crippen molar-refractivity contribution in [2.45, 2.75) is 32.2 Å². The molecule has 2 atom stereocenters. The van der Waals surface area contributed by atoms with Crippen molar-refractivity contribution in [1.29, 1.82) is 0 Å². The third kappa shape index (κ3) is 3.11. The predicted octanol–water partition coefficient (Wildman–Crippen LogP) is 3.20. The van der Waals surface area contributed by atoms with Crippen LogP contribution in [0.1, 0.15) is 31.6 Å². The van der Waals surface area contributed by atoms with Crippen molar-refractivity contribution in [3.8, 4) is 0 Å². The molecule has 0 saturated heterocycles. The summed E-state index contributed by atoms with van der Waals surface area (Å²) in [6.07, 6.45) is 2.60. The molecule has 1 aliphatic carbocycles. The van der Waals surface area contributed by atoms with E-state index in [0.717, 1.165) is 37.4 Å². The molecule has 1 heterocycles. The van der Waals surface area contributed by atoms with Gasteiger partial charge in [-0.25, -0.2) is 0 Å². The van der Waals surface area contributed by atoms with Gasteiger partial charge in [0.25, 0.3) is 0 Å².